The molecule has 3 aromatic rings. The SMILES string of the molecule is COCCNC1CCc2c(-c3cnc(-c4ccc(OC(C)C)c(C#N)c4)s3)cccc21. The van der Waals surface area contributed by atoms with Crippen LogP contribution < -0.4 is 10.1 Å². The van der Waals surface area contributed by atoms with Crippen molar-refractivity contribution in [3.8, 4) is 32.8 Å². The molecule has 1 atom stereocenters. The highest BCUT2D eigenvalue weighted by Crippen LogP contribution is 2.41. The van der Waals surface area contributed by atoms with Gasteiger partial charge in [-0.1, -0.05) is 18.2 Å². The lowest BCUT2D eigenvalue weighted by Gasteiger charge is -2.14. The van der Waals surface area contributed by atoms with E-state index in [1.165, 1.54) is 16.7 Å². The summed E-state index contributed by atoms with van der Waals surface area (Å²) in [5, 5.41) is 14.0. The molecule has 1 N–H and O–H groups in total. The molecule has 1 aliphatic rings. The predicted octanol–water partition coefficient (Wildman–Crippen LogP) is 5.36. The molecule has 0 amide bonds. The minimum absolute atomic E-state index is 0.0254. The highest BCUT2D eigenvalue weighted by molar-refractivity contribution is 7.18. The van der Waals surface area contributed by atoms with E-state index in [0.717, 1.165) is 41.4 Å². The largest absolute Gasteiger partial charge is 0.490 e. The molecule has 0 radical (unpaired) electrons. The van der Waals surface area contributed by atoms with Crippen molar-refractivity contribution in [1.29, 1.82) is 5.26 Å². The van der Waals surface area contributed by atoms with E-state index in [1.54, 1.807) is 18.4 Å². The number of ether oxygens (including phenoxy) is 2. The van der Waals surface area contributed by atoms with E-state index in [1.807, 2.05) is 38.2 Å². The van der Waals surface area contributed by atoms with Crippen LogP contribution in [-0.4, -0.2) is 31.3 Å². The third kappa shape index (κ3) is 4.64. The number of hydrogen-bond donors (Lipinski definition) is 1. The Bertz CT molecular complexity index is 1100. The second kappa shape index (κ2) is 9.61. The fraction of sp³-hybridized carbons (Fsp3) is 0.360. The van der Waals surface area contributed by atoms with Crippen LogP contribution in [0.3, 0.4) is 0 Å². The average molecular weight is 434 g/mol. The monoisotopic (exact) mass is 433 g/mol. The molecule has 6 heteroatoms. The Hall–Kier alpha value is -2.72. The van der Waals surface area contributed by atoms with Crippen LogP contribution in [0.25, 0.3) is 21.0 Å². The zero-order valence-electron chi connectivity index (χ0n) is 18.1. The topological polar surface area (TPSA) is 67.2 Å². The Kier molecular flexibility index (Phi) is 6.67. The van der Waals surface area contributed by atoms with Crippen molar-refractivity contribution >= 4 is 11.3 Å². The van der Waals surface area contributed by atoms with E-state index >= 15 is 0 Å². The van der Waals surface area contributed by atoms with Gasteiger partial charge in [-0.15, -0.1) is 11.3 Å². The minimum Gasteiger partial charge on any atom is -0.490 e. The number of methoxy groups -OCH3 is 1. The fourth-order valence-electron chi connectivity index (χ4n) is 4.07. The molecule has 0 fully saturated rings. The van der Waals surface area contributed by atoms with Gasteiger partial charge in [0.05, 0.1) is 23.2 Å². The van der Waals surface area contributed by atoms with Crippen molar-refractivity contribution in [3.63, 3.8) is 0 Å². The second-order valence-electron chi connectivity index (χ2n) is 7.93. The predicted molar refractivity (Wildman–Crippen MR) is 124 cm³/mol. The van der Waals surface area contributed by atoms with Gasteiger partial charge in [0.2, 0.25) is 0 Å². The number of thiazole rings is 1. The van der Waals surface area contributed by atoms with Crippen LogP contribution in [0.5, 0.6) is 5.75 Å². The van der Waals surface area contributed by atoms with Crippen LogP contribution >= 0.6 is 11.3 Å². The number of aromatic nitrogens is 1. The van der Waals surface area contributed by atoms with Gasteiger partial charge in [-0.25, -0.2) is 4.98 Å². The number of nitrogens with one attached hydrogen (secondary N) is 1. The number of nitrogens with zero attached hydrogens (tertiary/aromatic N) is 2. The Morgan fingerprint density at radius 3 is 2.94 bits per heavy atom. The van der Waals surface area contributed by atoms with E-state index in [4.69, 9.17) is 9.47 Å². The summed E-state index contributed by atoms with van der Waals surface area (Å²) in [5.74, 6) is 0.617. The quantitative estimate of drug-likeness (QED) is 0.485. The molecular weight excluding hydrogens is 406 g/mol. The molecule has 160 valence electrons. The van der Waals surface area contributed by atoms with Gasteiger partial charge in [0.1, 0.15) is 16.8 Å². The lowest BCUT2D eigenvalue weighted by Crippen LogP contribution is -2.23. The first kappa shape index (κ1) is 21.5. The Labute approximate surface area is 187 Å². The Morgan fingerprint density at radius 2 is 2.16 bits per heavy atom. The highest BCUT2D eigenvalue weighted by Gasteiger charge is 2.25. The van der Waals surface area contributed by atoms with Gasteiger partial charge in [-0.2, -0.15) is 5.26 Å². The maximum absolute atomic E-state index is 9.53. The zero-order chi connectivity index (χ0) is 21.8. The molecule has 0 aliphatic heterocycles. The minimum atomic E-state index is 0.0254. The van der Waals surface area contributed by atoms with Crippen LogP contribution in [0.2, 0.25) is 0 Å². The molecule has 0 spiro atoms. The molecule has 31 heavy (non-hydrogen) atoms. The van der Waals surface area contributed by atoms with Crippen molar-refractivity contribution in [3.05, 3.63) is 59.3 Å². The van der Waals surface area contributed by atoms with E-state index in [9.17, 15) is 5.26 Å². The third-order valence-corrected chi connectivity index (χ3v) is 6.53. The van der Waals surface area contributed by atoms with E-state index in [0.29, 0.717) is 17.4 Å². The van der Waals surface area contributed by atoms with Crippen molar-refractivity contribution < 1.29 is 9.47 Å². The molecule has 4 rings (SSSR count). The van der Waals surface area contributed by atoms with Crippen LogP contribution in [-0.2, 0) is 11.2 Å². The molecule has 5 nitrogen and oxygen atoms in total. The number of nitriles is 1. The maximum atomic E-state index is 9.53. The van der Waals surface area contributed by atoms with Gasteiger partial charge in [-0.05, 0) is 61.6 Å². The van der Waals surface area contributed by atoms with Crippen molar-refractivity contribution in [2.24, 2.45) is 0 Å². The second-order valence-corrected chi connectivity index (χ2v) is 8.96. The molecule has 0 saturated heterocycles. The van der Waals surface area contributed by atoms with Crippen LogP contribution in [0, 0.1) is 11.3 Å². The van der Waals surface area contributed by atoms with Gasteiger partial charge in [0, 0.05) is 31.5 Å². The molecule has 1 unspecified atom stereocenters. The first-order valence-electron chi connectivity index (χ1n) is 10.6. The van der Waals surface area contributed by atoms with Gasteiger partial charge in [-0.3, -0.25) is 0 Å². The van der Waals surface area contributed by atoms with Gasteiger partial charge in [0.25, 0.3) is 0 Å². The summed E-state index contributed by atoms with van der Waals surface area (Å²) in [6.45, 7) is 5.49. The van der Waals surface area contributed by atoms with E-state index in [-0.39, 0.29) is 6.10 Å². The first-order valence-corrected chi connectivity index (χ1v) is 11.4. The van der Waals surface area contributed by atoms with Crippen molar-refractivity contribution in [2.75, 3.05) is 20.3 Å². The Morgan fingerprint density at radius 1 is 1.29 bits per heavy atom. The van der Waals surface area contributed by atoms with Gasteiger partial charge >= 0.3 is 0 Å². The number of rotatable bonds is 8. The maximum Gasteiger partial charge on any atom is 0.137 e. The summed E-state index contributed by atoms with van der Waals surface area (Å²) in [5.41, 5.74) is 5.53. The lowest BCUT2D eigenvalue weighted by molar-refractivity contribution is 0.195. The van der Waals surface area contributed by atoms with Crippen molar-refractivity contribution in [1.82, 2.24) is 10.3 Å². The number of fused-ring (bicyclic) bond motifs is 1. The zero-order valence-corrected chi connectivity index (χ0v) is 19.0. The standard InChI is InChI=1S/C25H27N3O2S/c1-16(2)30-23-10-7-17(13-18(23)14-26)25-28-15-24(31-25)21-6-4-5-20-19(21)8-9-22(20)27-11-12-29-3/h4-7,10,13,15-16,22,27H,8-9,11-12H2,1-3H3. The number of hydrogen-bond acceptors (Lipinski definition) is 6. The average Bonchev–Trinajstić information content (AvgIpc) is 3.41. The lowest BCUT2D eigenvalue weighted by atomic mass is 10.0. The first-order chi connectivity index (χ1) is 15.1. The van der Waals surface area contributed by atoms with Crippen molar-refractivity contribution in [2.45, 2.75) is 38.8 Å². The molecule has 1 heterocycles. The van der Waals surface area contributed by atoms with E-state index in [2.05, 4.69) is 34.6 Å². The smallest absolute Gasteiger partial charge is 0.137 e. The molecular formula is C25H27N3O2S. The molecule has 0 bridgehead atoms. The summed E-state index contributed by atoms with van der Waals surface area (Å²) in [4.78, 5) is 5.83. The fourth-order valence-corrected chi connectivity index (χ4v) is 5.04. The summed E-state index contributed by atoms with van der Waals surface area (Å²) in [6.07, 6.45) is 4.14. The van der Waals surface area contributed by atoms with Crippen LogP contribution in [0.1, 0.15) is 43.0 Å². The Balaban J connectivity index is 1.60. The molecule has 2 aromatic carbocycles. The van der Waals surface area contributed by atoms with Crippen LogP contribution in [0.15, 0.2) is 42.6 Å². The number of benzene rings is 2. The van der Waals surface area contributed by atoms with Gasteiger partial charge < -0.3 is 14.8 Å². The third-order valence-electron chi connectivity index (χ3n) is 5.45. The molecule has 1 aromatic heterocycles. The van der Waals surface area contributed by atoms with E-state index < -0.39 is 0 Å². The summed E-state index contributed by atoms with van der Waals surface area (Å²) < 4.78 is 10.9. The molecule has 1 aliphatic carbocycles. The summed E-state index contributed by atoms with van der Waals surface area (Å²) >= 11 is 1.67. The summed E-state index contributed by atoms with van der Waals surface area (Å²) in [7, 11) is 1.73. The summed E-state index contributed by atoms with van der Waals surface area (Å²) in [6, 6.07) is 14.9. The van der Waals surface area contributed by atoms with Crippen LogP contribution in [0.4, 0.5) is 0 Å². The highest BCUT2D eigenvalue weighted by atomic mass is 32.1. The van der Waals surface area contributed by atoms with Gasteiger partial charge in [0.15, 0.2) is 0 Å². The molecule has 0 saturated carbocycles. The normalized spacial score (nSPS) is 15.1.